The first-order valence-corrected chi connectivity index (χ1v) is 13.2. The van der Waals surface area contributed by atoms with Crippen LogP contribution in [0.2, 0.25) is 0 Å². The molecule has 7 nitrogen and oxygen atoms in total. The lowest BCUT2D eigenvalue weighted by atomic mass is 9.69. The maximum Gasteiger partial charge on any atom is 0.233 e. The van der Waals surface area contributed by atoms with E-state index in [0.717, 1.165) is 28.8 Å². The van der Waals surface area contributed by atoms with E-state index in [9.17, 15) is 19.1 Å². The summed E-state index contributed by atoms with van der Waals surface area (Å²) >= 11 is 0. The lowest BCUT2D eigenvalue weighted by Crippen LogP contribution is -2.35. The quantitative estimate of drug-likeness (QED) is 0.384. The van der Waals surface area contributed by atoms with Crippen LogP contribution in [0.25, 0.3) is 11.6 Å². The van der Waals surface area contributed by atoms with Crippen molar-refractivity contribution in [3.05, 3.63) is 70.8 Å². The summed E-state index contributed by atoms with van der Waals surface area (Å²) in [6, 6.07) is 9.95. The molecular weight excluding hydrogens is 487 g/mol. The number of imide groups is 1. The second-order valence-electron chi connectivity index (χ2n) is 10.2. The summed E-state index contributed by atoms with van der Waals surface area (Å²) in [6.07, 6.45) is 5.88. The molecule has 1 aromatic heterocycles. The van der Waals surface area contributed by atoms with E-state index in [4.69, 9.17) is 9.47 Å². The van der Waals surface area contributed by atoms with Gasteiger partial charge in [-0.05, 0) is 78.3 Å². The van der Waals surface area contributed by atoms with E-state index in [-0.39, 0.29) is 35.7 Å². The number of benzene rings is 1. The zero-order chi connectivity index (χ0) is 26.8. The minimum absolute atomic E-state index is 0.0699. The van der Waals surface area contributed by atoms with E-state index in [0.29, 0.717) is 44.6 Å². The summed E-state index contributed by atoms with van der Waals surface area (Å²) in [5, 5.41) is 9.58. The molecule has 0 radical (unpaired) electrons. The van der Waals surface area contributed by atoms with Gasteiger partial charge in [-0.25, -0.2) is 4.39 Å². The number of hydrogen-bond acceptors (Lipinski definition) is 6. The van der Waals surface area contributed by atoms with Crippen molar-refractivity contribution in [1.82, 2.24) is 9.88 Å². The number of phenolic OH excluding ortho intramolecular Hbond substituents is 1. The number of methoxy groups -OCH3 is 1. The lowest BCUT2D eigenvalue weighted by molar-refractivity contribution is -0.140. The number of carbonyl (C=O) groups is 2. The number of aromatic nitrogens is 1. The number of amides is 2. The Morgan fingerprint density at radius 1 is 1.24 bits per heavy atom. The number of fused-ring (bicyclic) bond motifs is 3. The number of halogens is 1. The number of ether oxygens (including phenoxy) is 2. The van der Waals surface area contributed by atoms with Crippen molar-refractivity contribution >= 4 is 23.5 Å². The molecule has 38 heavy (non-hydrogen) atoms. The molecule has 2 aliphatic heterocycles. The molecule has 1 aromatic carbocycles. The molecule has 4 atom stereocenters. The van der Waals surface area contributed by atoms with Gasteiger partial charge >= 0.3 is 0 Å². The Morgan fingerprint density at radius 2 is 2.08 bits per heavy atom. The highest BCUT2D eigenvalue weighted by molar-refractivity contribution is 6.06. The minimum atomic E-state index is -0.680. The second kappa shape index (κ2) is 11.2. The van der Waals surface area contributed by atoms with Crippen LogP contribution in [0, 0.1) is 23.6 Å². The molecule has 0 spiro atoms. The standard InChI is InChI=1S/C30H33FN2O5/c1-3-12-33-29(35)21-15-20(16-37-2)27-22(28(21)30(33)36)17-38-26(27)10-8-19(24-6-4-5-11-32-24)13-18-7-9-25(34)23(31)14-18/h4-7,9,11,13-14,21-22,26,28,34H,3,8,10,12,15-17H2,1-2H3/b19-13-/t21-,22+,26-,28-/m1/s1. The van der Waals surface area contributed by atoms with E-state index in [1.165, 1.54) is 17.0 Å². The maximum absolute atomic E-state index is 14.0. The highest BCUT2D eigenvalue weighted by atomic mass is 19.1. The normalized spacial score (nSPS) is 25.2. The number of allylic oxidation sites excluding steroid dienone is 1. The van der Waals surface area contributed by atoms with E-state index >= 15 is 0 Å². The SMILES string of the molecule is CCCN1C(=O)[C@@H]2[C@@H](CC(COC)=C3[C@@H](CC/C(=C/c4ccc(O)c(F)c4)c4ccccn4)OC[C@@H]32)C1=O. The van der Waals surface area contributed by atoms with Crippen LogP contribution < -0.4 is 0 Å². The summed E-state index contributed by atoms with van der Waals surface area (Å²) < 4.78 is 25.8. The fraction of sp³-hybridized carbons (Fsp3) is 0.433. The van der Waals surface area contributed by atoms with Crippen LogP contribution in [-0.4, -0.2) is 59.8 Å². The van der Waals surface area contributed by atoms with Crippen molar-refractivity contribution < 1.29 is 28.6 Å². The van der Waals surface area contributed by atoms with Gasteiger partial charge in [-0.15, -0.1) is 0 Å². The number of aromatic hydroxyl groups is 1. The molecule has 2 aromatic rings. The first-order valence-electron chi connectivity index (χ1n) is 13.2. The van der Waals surface area contributed by atoms with Crippen LogP contribution in [0.1, 0.15) is 43.9 Å². The number of nitrogens with zero attached hydrogens (tertiary/aromatic N) is 2. The predicted molar refractivity (Wildman–Crippen MR) is 140 cm³/mol. The number of likely N-dealkylation sites (tertiary alicyclic amines) is 1. The van der Waals surface area contributed by atoms with Gasteiger partial charge in [-0.1, -0.05) is 19.1 Å². The predicted octanol–water partition coefficient (Wildman–Crippen LogP) is 4.62. The van der Waals surface area contributed by atoms with Crippen molar-refractivity contribution in [1.29, 1.82) is 0 Å². The summed E-state index contributed by atoms with van der Waals surface area (Å²) in [7, 11) is 1.64. The average molecular weight is 521 g/mol. The molecule has 200 valence electrons. The third-order valence-corrected chi connectivity index (χ3v) is 7.85. The molecule has 0 saturated carbocycles. The van der Waals surface area contributed by atoms with Crippen LogP contribution in [0.5, 0.6) is 5.75 Å². The molecular formula is C30H33FN2O5. The minimum Gasteiger partial charge on any atom is -0.505 e. The first kappa shape index (κ1) is 26.3. The molecule has 1 N–H and O–H groups in total. The van der Waals surface area contributed by atoms with Gasteiger partial charge in [0.25, 0.3) is 0 Å². The monoisotopic (exact) mass is 520 g/mol. The van der Waals surface area contributed by atoms with Gasteiger partial charge in [0.1, 0.15) is 0 Å². The van der Waals surface area contributed by atoms with Crippen LogP contribution in [0.15, 0.2) is 53.7 Å². The van der Waals surface area contributed by atoms with Gasteiger partial charge in [0.2, 0.25) is 11.8 Å². The van der Waals surface area contributed by atoms with Crippen LogP contribution in [0.4, 0.5) is 4.39 Å². The Balaban J connectivity index is 1.42. The van der Waals surface area contributed by atoms with Crippen LogP contribution >= 0.6 is 0 Å². The maximum atomic E-state index is 14.0. The highest BCUT2D eigenvalue weighted by Gasteiger charge is 2.56. The Bertz CT molecular complexity index is 1270. The average Bonchev–Trinajstić information content (AvgIpc) is 3.44. The topological polar surface area (TPSA) is 89.0 Å². The van der Waals surface area contributed by atoms with Crippen molar-refractivity contribution in [3.63, 3.8) is 0 Å². The van der Waals surface area contributed by atoms with E-state index in [1.54, 1.807) is 19.4 Å². The summed E-state index contributed by atoms with van der Waals surface area (Å²) in [4.78, 5) is 32.3. The Labute approximate surface area is 222 Å². The molecule has 2 saturated heterocycles. The molecule has 0 bridgehead atoms. The van der Waals surface area contributed by atoms with E-state index < -0.39 is 11.6 Å². The van der Waals surface area contributed by atoms with Gasteiger partial charge in [0, 0.05) is 25.8 Å². The van der Waals surface area contributed by atoms with Crippen molar-refractivity contribution in [2.45, 2.75) is 38.7 Å². The smallest absolute Gasteiger partial charge is 0.233 e. The largest absolute Gasteiger partial charge is 0.505 e. The number of hydrogen-bond donors (Lipinski definition) is 1. The summed E-state index contributed by atoms with van der Waals surface area (Å²) in [5.74, 6) is -2.06. The van der Waals surface area contributed by atoms with Crippen LogP contribution in [-0.2, 0) is 19.1 Å². The molecule has 8 heteroatoms. The van der Waals surface area contributed by atoms with Gasteiger partial charge in [0.15, 0.2) is 11.6 Å². The Morgan fingerprint density at radius 3 is 2.79 bits per heavy atom. The third-order valence-electron chi connectivity index (χ3n) is 7.85. The molecule has 3 heterocycles. The molecule has 5 rings (SSSR count). The summed E-state index contributed by atoms with van der Waals surface area (Å²) in [5.41, 5.74) is 4.47. The van der Waals surface area contributed by atoms with Crippen molar-refractivity contribution in [3.8, 4) is 5.75 Å². The van der Waals surface area contributed by atoms with Crippen LogP contribution in [0.3, 0.4) is 0 Å². The number of rotatable bonds is 9. The first-order chi connectivity index (χ1) is 18.4. The fourth-order valence-corrected chi connectivity index (χ4v) is 6.22. The Kier molecular flexibility index (Phi) is 7.72. The zero-order valence-corrected chi connectivity index (χ0v) is 21.7. The molecule has 0 unspecified atom stereocenters. The second-order valence-corrected chi connectivity index (χ2v) is 10.2. The lowest BCUT2D eigenvalue weighted by Gasteiger charge is -2.31. The zero-order valence-electron chi connectivity index (χ0n) is 21.7. The third kappa shape index (κ3) is 4.90. The van der Waals surface area contributed by atoms with E-state index in [1.807, 2.05) is 31.2 Å². The van der Waals surface area contributed by atoms with Gasteiger partial charge in [-0.2, -0.15) is 0 Å². The van der Waals surface area contributed by atoms with Gasteiger partial charge < -0.3 is 14.6 Å². The highest BCUT2D eigenvalue weighted by Crippen LogP contribution is 2.50. The van der Waals surface area contributed by atoms with E-state index in [2.05, 4.69) is 4.98 Å². The summed E-state index contributed by atoms with van der Waals surface area (Å²) in [6.45, 7) is 3.22. The van der Waals surface area contributed by atoms with Gasteiger partial charge in [0.05, 0.1) is 36.8 Å². The number of pyridine rings is 1. The molecule has 2 fully saturated rings. The molecule has 3 aliphatic rings. The number of carbonyl (C=O) groups excluding carboxylic acids is 2. The fourth-order valence-electron chi connectivity index (χ4n) is 6.22. The van der Waals surface area contributed by atoms with Crippen molar-refractivity contribution in [2.75, 3.05) is 26.9 Å². The van der Waals surface area contributed by atoms with Gasteiger partial charge in [-0.3, -0.25) is 19.5 Å². The molecule has 2 amide bonds. The van der Waals surface area contributed by atoms with Crippen molar-refractivity contribution in [2.24, 2.45) is 17.8 Å². The number of phenols is 1. The Hall–Kier alpha value is -3.36. The molecule has 1 aliphatic carbocycles.